The summed E-state index contributed by atoms with van der Waals surface area (Å²) >= 11 is 0. The number of benzene rings is 1. The van der Waals surface area contributed by atoms with Crippen LogP contribution in [0.5, 0.6) is 0 Å². The smallest absolute Gasteiger partial charge is 0.272 e. The molecule has 0 fully saturated rings. The van der Waals surface area contributed by atoms with Gasteiger partial charge in [0.2, 0.25) is 5.91 Å². The lowest BCUT2D eigenvalue weighted by Crippen LogP contribution is -2.43. The number of nitrogens with two attached hydrogens (primary N) is 1. The number of nitro groups is 1. The Labute approximate surface area is 124 Å². The molecule has 112 valence electrons. The molecular formula is C13H20ClN3O3. The van der Waals surface area contributed by atoms with Crippen LogP contribution in [-0.2, 0) is 11.3 Å². The van der Waals surface area contributed by atoms with Crippen molar-refractivity contribution >= 4 is 24.0 Å². The van der Waals surface area contributed by atoms with Gasteiger partial charge in [0.15, 0.2) is 0 Å². The van der Waals surface area contributed by atoms with Gasteiger partial charge in [-0.25, -0.2) is 0 Å². The van der Waals surface area contributed by atoms with Gasteiger partial charge in [-0.2, -0.15) is 0 Å². The number of rotatable bonds is 5. The van der Waals surface area contributed by atoms with Gasteiger partial charge in [0, 0.05) is 18.2 Å². The molecule has 6 nitrogen and oxygen atoms in total. The summed E-state index contributed by atoms with van der Waals surface area (Å²) in [6, 6.07) is 4.23. The van der Waals surface area contributed by atoms with Crippen molar-refractivity contribution < 1.29 is 9.72 Å². The molecule has 0 radical (unpaired) electrons. The van der Waals surface area contributed by atoms with Crippen molar-refractivity contribution in [3.8, 4) is 0 Å². The van der Waals surface area contributed by atoms with Crippen LogP contribution in [0.25, 0.3) is 0 Å². The number of hydrogen-bond donors (Lipinski definition) is 2. The lowest BCUT2D eigenvalue weighted by Gasteiger charge is -2.15. The molecule has 0 heterocycles. The largest absolute Gasteiger partial charge is 0.351 e. The summed E-state index contributed by atoms with van der Waals surface area (Å²) in [5.41, 5.74) is 7.06. The van der Waals surface area contributed by atoms with Crippen LogP contribution in [0.3, 0.4) is 0 Å². The Kier molecular flexibility index (Phi) is 7.17. The Balaban J connectivity index is 0.00000361. The van der Waals surface area contributed by atoms with Gasteiger partial charge in [-0.05, 0) is 18.4 Å². The van der Waals surface area contributed by atoms with E-state index < -0.39 is 11.0 Å². The van der Waals surface area contributed by atoms with E-state index in [1.807, 2.05) is 13.8 Å². The molecule has 7 heteroatoms. The summed E-state index contributed by atoms with van der Waals surface area (Å²) in [5.74, 6) is -0.202. The van der Waals surface area contributed by atoms with E-state index in [-0.39, 0.29) is 36.5 Å². The Bertz CT molecular complexity index is 492. The number of nitrogens with zero attached hydrogens (tertiary/aromatic N) is 1. The van der Waals surface area contributed by atoms with Crippen molar-refractivity contribution in [1.29, 1.82) is 0 Å². The molecule has 1 aromatic rings. The van der Waals surface area contributed by atoms with E-state index >= 15 is 0 Å². The summed E-state index contributed by atoms with van der Waals surface area (Å²) in [5, 5.41) is 13.5. The second-order valence-corrected chi connectivity index (χ2v) is 4.81. The molecule has 1 atom stereocenters. The van der Waals surface area contributed by atoms with Gasteiger partial charge in [0.1, 0.15) is 0 Å². The topological polar surface area (TPSA) is 98.3 Å². The molecule has 0 spiro atoms. The molecule has 20 heavy (non-hydrogen) atoms. The zero-order valence-electron chi connectivity index (χ0n) is 11.8. The molecule has 1 rings (SSSR count). The van der Waals surface area contributed by atoms with Crippen molar-refractivity contribution in [3.05, 3.63) is 39.4 Å². The van der Waals surface area contributed by atoms with E-state index in [2.05, 4.69) is 5.32 Å². The highest BCUT2D eigenvalue weighted by Gasteiger charge is 2.18. The molecule has 0 bridgehead atoms. The highest BCUT2D eigenvalue weighted by Crippen LogP contribution is 2.20. The van der Waals surface area contributed by atoms with Crippen LogP contribution in [0, 0.1) is 23.0 Å². The first-order valence-corrected chi connectivity index (χ1v) is 6.10. The van der Waals surface area contributed by atoms with Crippen molar-refractivity contribution in [2.45, 2.75) is 33.4 Å². The minimum atomic E-state index is -0.570. The molecule has 3 N–H and O–H groups in total. The minimum absolute atomic E-state index is 0. The Morgan fingerprint density at radius 3 is 2.55 bits per heavy atom. The highest BCUT2D eigenvalue weighted by molar-refractivity contribution is 5.85. The van der Waals surface area contributed by atoms with Gasteiger partial charge in [-0.15, -0.1) is 12.4 Å². The van der Waals surface area contributed by atoms with Crippen LogP contribution in [0.2, 0.25) is 0 Å². The maximum Gasteiger partial charge on any atom is 0.272 e. The average Bonchev–Trinajstić information content (AvgIpc) is 2.35. The van der Waals surface area contributed by atoms with E-state index in [1.165, 1.54) is 6.07 Å². The van der Waals surface area contributed by atoms with Crippen LogP contribution in [0.15, 0.2) is 18.2 Å². The highest BCUT2D eigenvalue weighted by atomic mass is 35.5. The molecule has 1 amide bonds. The number of hydrogen-bond acceptors (Lipinski definition) is 4. The molecule has 0 aromatic heterocycles. The molecule has 1 aromatic carbocycles. The summed E-state index contributed by atoms with van der Waals surface area (Å²) in [6.07, 6.45) is 0. The van der Waals surface area contributed by atoms with Crippen molar-refractivity contribution in [2.75, 3.05) is 0 Å². The van der Waals surface area contributed by atoms with Crippen molar-refractivity contribution in [1.82, 2.24) is 5.32 Å². The molecule has 0 saturated carbocycles. The fourth-order valence-electron chi connectivity index (χ4n) is 1.66. The summed E-state index contributed by atoms with van der Waals surface area (Å²) in [6.45, 7) is 5.64. The third kappa shape index (κ3) is 4.47. The normalized spacial score (nSPS) is 11.7. The quantitative estimate of drug-likeness (QED) is 0.641. The van der Waals surface area contributed by atoms with Crippen LogP contribution < -0.4 is 11.1 Å². The predicted molar refractivity (Wildman–Crippen MR) is 79.7 cm³/mol. The monoisotopic (exact) mass is 301 g/mol. The van der Waals surface area contributed by atoms with E-state index in [4.69, 9.17) is 5.73 Å². The number of carbonyl (C=O) groups is 1. The zero-order chi connectivity index (χ0) is 14.6. The standard InChI is InChI=1S/C13H19N3O3.ClH/c1-8(2)12(14)13(17)15-7-10-5-4-6-11(9(10)3)16(18)19;/h4-6,8,12H,7,14H2,1-3H3,(H,15,17);1H. The summed E-state index contributed by atoms with van der Waals surface area (Å²) < 4.78 is 0. The number of carbonyl (C=O) groups excluding carboxylic acids is 1. The van der Waals surface area contributed by atoms with Crippen molar-refractivity contribution in [2.24, 2.45) is 11.7 Å². The average molecular weight is 302 g/mol. The molecule has 0 saturated heterocycles. The first-order chi connectivity index (χ1) is 8.84. The molecule has 0 aliphatic heterocycles. The SMILES string of the molecule is Cc1c(CNC(=O)C(N)C(C)C)cccc1[N+](=O)[O-].Cl. The van der Waals surface area contributed by atoms with Gasteiger partial charge in [0.05, 0.1) is 11.0 Å². The van der Waals surface area contributed by atoms with Crippen molar-refractivity contribution in [3.63, 3.8) is 0 Å². The third-order valence-electron chi connectivity index (χ3n) is 3.09. The lowest BCUT2D eigenvalue weighted by atomic mass is 10.0. The van der Waals surface area contributed by atoms with Crippen LogP contribution in [0.1, 0.15) is 25.0 Å². The Hall–Kier alpha value is -1.66. The predicted octanol–water partition coefficient (Wildman–Crippen LogP) is 1.92. The van der Waals surface area contributed by atoms with Gasteiger partial charge < -0.3 is 11.1 Å². The first-order valence-electron chi connectivity index (χ1n) is 6.10. The van der Waals surface area contributed by atoms with E-state index in [1.54, 1.807) is 19.1 Å². The second kappa shape index (κ2) is 7.81. The van der Waals surface area contributed by atoms with Crippen LogP contribution in [0.4, 0.5) is 5.69 Å². The number of halogens is 1. The number of amides is 1. The van der Waals surface area contributed by atoms with Gasteiger partial charge >= 0.3 is 0 Å². The molecule has 0 aliphatic rings. The summed E-state index contributed by atoms with van der Waals surface area (Å²) in [4.78, 5) is 22.1. The number of nitro benzene ring substituents is 1. The zero-order valence-corrected chi connectivity index (χ0v) is 12.6. The minimum Gasteiger partial charge on any atom is -0.351 e. The van der Waals surface area contributed by atoms with Crippen LogP contribution in [-0.4, -0.2) is 16.9 Å². The van der Waals surface area contributed by atoms with E-state index in [9.17, 15) is 14.9 Å². The molecule has 0 aliphatic carbocycles. The maximum atomic E-state index is 11.7. The fraction of sp³-hybridized carbons (Fsp3) is 0.462. The second-order valence-electron chi connectivity index (χ2n) is 4.81. The number of nitrogens with one attached hydrogen (secondary N) is 1. The third-order valence-corrected chi connectivity index (χ3v) is 3.09. The van der Waals surface area contributed by atoms with Crippen LogP contribution >= 0.6 is 12.4 Å². The lowest BCUT2D eigenvalue weighted by molar-refractivity contribution is -0.385. The fourth-order valence-corrected chi connectivity index (χ4v) is 1.66. The van der Waals surface area contributed by atoms with E-state index in [0.717, 1.165) is 5.56 Å². The van der Waals surface area contributed by atoms with Gasteiger partial charge in [-0.3, -0.25) is 14.9 Å². The molecule has 1 unspecified atom stereocenters. The van der Waals surface area contributed by atoms with Gasteiger partial charge in [0.25, 0.3) is 5.69 Å². The Morgan fingerprint density at radius 2 is 2.05 bits per heavy atom. The van der Waals surface area contributed by atoms with E-state index in [0.29, 0.717) is 5.56 Å². The molecular weight excluding hydrogens is 282 g/mol. The van der Waals surface area contributed by atoms with Gasteiger partial charge in [-0.1, -0.05) is 26.0 Å². The summed E-state index contributed by atoms with van der Waals surface area (Å²) in [7, 11) is 0. The maximum absolute atomic E-state index is 11.7. The first kappa shape index (κ1) is 18.3. The Morgan fingerprint density at radius 1 is 1.45 bits per heavy atom.